The summed E-state index contributed by atoms with van der Waals surface area (Å²) >= 11 is 3.42. The summed E-state index contributed by atoms with van der Waals surface area (Å²) in [5.41, 5.74) is 0.514. The lowest BCUT2D eigenvalue weighted by atomic mass is 10.00. The quantitative estimate of drug-likeness (QED) is 0.688. The third kappa shape index (κ3) is 4.92. The lowest BCUT2D eigenvalue weighted by molar-refractivity contribution is 0.141. The van der Waals surface area contributed by atoms with Gasteiger partial charge in [-0.05, 0) is 72.9 Å². The molecule has 158 valence electrons. The van der Waals surface area contributed by atoms with Crippen LogP contribution in [0.25, 0.3) is 0 Å². The van der Waals surface area contributed by atoms with E-state index < -0.39 is 10.0 Å². The van der Waals surface area contributed by atoms with Crippen LogP contribution in [0.4, 0.5) is 11.5 Å². The molecule has 1 aromatic carbocycles. The fourth-order valence-electron chi connectivity index (χ4n) is 4.29. The Balaban J connectivity index is 0.00000256. The molecule has 0 saturated carbocycles. The Morgan fingerprint density at radius 3 is 2.41 bits per heavy atom. The number of hydrogen-bond acceptors (Lipinski definition) is 5. The van der Waals surface area contributed by atoms with Gasteiger partial charge in [0.1, 0.15) is 0 Å². The number of anilines is 2. The molecule has 0 amide bonds. The first-order chi connectivity index (χ1) is 14.0. The third-order valence-corrected chi connectivity index (χ3v) is 7.62. The molecule has 0 atom stereocenters. The van der Waals surface area contributed by atoms with Crippen LogP contribution in [0.15, 0.2) is 52.0 Å². The number of likely N-dealkylation sites (tertiary alicyclic amines) is 1. The number of halogens is 1. The van der Waals surface area contributed by atoms with Gasteiger partial charge in [-0.25, -0.2) is 13.4 Å². The Labute approximate surface area is 183 Å². The second kappa shape index (κ2) is 9.02. The zero-order valence-electron chi connectivity index (χ0n) is 16.4. The van der Waals surface area contributed by atoms with E-state index in [1.165, 1.54) is 32.4 Å². The third-order valence-electron chi connectivity index (χ3n) is 5.80. The van der Waals surface area contributed by atoms with Gasteiger partial charge in [0.15, 0.2) is 5.82 Å². The number of hydrogen-bond donors (Lipinski definition) is 1. The fraction of sp³-hybridized carbons (Fsp3) is 0.476. The summed E-state index contributed by atoms with van der Waals surface area (Å²) in [5, 5.41) is 0. The predicted molar refractivity (Wildman–Crippen MR) is 122 cm³/mol. The summed E-state index contributed by atoms with van der Waals surface area (Å²) in [6, 6.07) is 10.9. The van der Waals surface area contributed by atoms with Gasteiger partial charge in [-0.3, -0.25) is 4.72 Å². The van der Waals surface area contributed by atoms with E-state index >= 15 is 0 Å². The predicted octanol–water partition coefficient (Wildman–Crippen LogP) is 4.35. The van der Waals surface area contributed by atoms with Crippen molar-refractivity contribution in [3.63, 3.8) is 0 Å². The molecule has 2 aliphatic rings. The number of pyridine rings is 1. The van der Waals surface area contributed by atoms with Gasteiger partial charge in [0, 0.05) is 31.2 Å². The maximum atomic E-state index is 12.8. The van der Waals surface area contributed by atoms with Crippen molar-refractivity contribution in [3.8, 4) is 0 Å². The van der Waals surface area contributed by atoms with Crippen molar-refractivity contribution in [1.82, 2.24) is 9.88 Å². The first-order valence-corrected chi connectivity index (χ1v) is 12.5. The molecule has 4 rings (SSSR count). The molecule has 0 aliphatic carbocycles. The number of aromatic nitrogens is 1. The number of sulfonamides is 1. The summed E-state index contributed by atoms with van der Waals surface area (Å²) in [7, 11) is -3.66. The number of piperidine rings is 2. The van der Waals surface area contributed by atoms with Gasteiger partial charge in [-0.15, -0.1) is 0 Å². The number of rotatable bonds is 5. The molecule has 3 heterocycles. The lowest BCUT2D eigenvalue weighted by Gasteiger charge is -2.40. The molecule has 0 bridgehead atoms. The minimum atomic E-state index is -3.66. The van der Waals surface area contributed by atoms with Gasteiger partial charge in [0.2, 0.25) is 0 Å². The van der Waals surface area contributed by atoms with Crippen LogP contribution in [0.2, 0.25) is 0 Å². The fourth-order valence-corrected chi connectivity index (χ4v) is 5.69. The minimum Gasteiger partial charge on any atom is -0.355 e. The molecule has 2 aromatic rings. The van der Waals surface area contributed by atoms with E-state index in [0.717, 1.165) is 30.4 Å². The highest BCUT2D eigenvalue weighted by atomic mass is 79.9. The first kappa shape index (κ1) is 20.6. The summed E-state index contributed by atoms with van der Waals surface area (Å²) in [6.45, 7) is 4.19. The normalized spacial score (nSPS) is 19.3. The second-order valence-corrected chi connectivity index (χ2v) is 10.4. The van der Waals surface area contributed by atoms with Gasteiger partial charge in [-0.2, -0.15) is 0 Å². The molecule has 2 aliphatic heterocycles. The molecular formula is C21H29BrN4O2S. The lowest BCUT2D eigenvalue weighted by Crippen LogP contribution is -2.47. The molecule has 0 spiro atoms. The van der Waals surface area contributed by atoms with Crippen molar-refractivity contribution in [2.75, 3.05) is 35.8 Å². The molecule has 29 heavy (non-hydrogen) atoms. The summed E-state index contributed by atoms with van der Waals surface area (Å²) in [4.78, 5) is 9.64. The molecular weight excluding hydrogens is 452 g/mol. The van der Waals surface area contributed by atoms with Gasteiger partial charge in [0.25, 0.3) is 10.0 Å². The zero-order valence-corrected chi connectivity index (χ0v) is 18.8. The average molecular weight is 481 g/mol. The minimum absolute atomic E-state index is 0. The molecule has 0 radical (unpaired) electrons. The van der Waals surface area contributed by atoms with Crippen molar-refractivity contribution < 1.29 is 9.84 Å². The average Bonchev–Trinajstić information content (AvgIpc) is 2.75. The van der Waals surface area contributed by atoms with Crippen LogP contribution in [-0.4, -0.2) is 50.5 Å². The summed E-state index contributed by atoms with van der Waals surface area (Å²) in [5.74, 6) is 0.699. The van der Waals surface area contributed by atoms with E-state index in [0.29, 0.717) is 17.5 Å². The van der Waals surface area contributed by atoms with E-state index in [9.17, 15) is 8.42 Å². The van der Waals surface area contributed by atoms with Crippen LogP contribution in [-0.2, 0) is 10.0 Å². The topological polar surface area (TPSA) is 65.5 Å². The molecule has 1 N–H and O–H groups in total. The largest absolute Gasteiger partial charge is 0.355 e. The maximum Gasteiger partial charge on any atom is 0.262 e. The Hall–Kier alpha value is -1.64. The maximum absolute atomic E-state index is 12.8. The second-order valence-electron chi connectivity index (χ2n) is 7.76. The van der Waals surface area contributed by atoms with Crippen LogP contribution in [0, 0.1) is 0 Å². The SMILES string of the molecule is O=S(=O)(Nc1cc(Br)cnc1N1CCC(N2CCCCC2)CC1)c1ccccc1.[HH]. The Bertz CT molecular complexity index is 931. The van der Waals surface area contributed by atoms with Crippen molar-refractivity contribution in [3.05, 3.63) is 47.1 Å². The molecule has 2 saturated heterocycles. The van der Waals surface area contributed by atoms with Crippen LogP contribution in [0.5, 0.6) is 0 Å². The highest BCUT2D eigenvalue weighted by Crippen LogP contribution is 2.32. The molecule has 8 heteroatoms. The number of nitrogens with one attached hydrogen (secondary N) is 1. The van der Waals surface area contributed by atoms with Gasteiger partial charge >= 0.3 is 0 Å². The van der Waals surface area contributed by atoms with Crippen molar-refractivity contribution >= 4 is 37.5 Å². The van der Waals surface area contributed by atoms with Gasteiger partial charge < -0.3 is 9.80 Å². The Kier molecular flexibility index (Phi) is 6.41. The summed E-state index contributed by atoms with van der Waals surface area (Å²) in [6.07, 6.45) is 7.86. The van der Waals surface area contributed by atoms with Crippen molar-refractivity contribution in [2.24, 2.45) is 0 Å². The Morgan fingerprint density at radius 2 is 1.72 bits per heavy atom. The van der Waals surface area contributed by atoms with E-state index in [2.05, 4.69) is 35.4 Å². The van der Waals surface area contributed by atoms with Crippen LogP contribution >= 0.6 is 15.9 Å². The summed E-state index contributed by atoms with van der Waals surface area (Å²) < 4.78 is 29.1. The number of benzene rings is 1. The standard InChI is InChI=1S/C21H27BrN4O2S.H2/c22-17-15-20(24-29(27,28)19-7-3-1-4-8-19)21(23-16-17)26-13-9-18(10-14-26)25-11-5-2-6-12-25;/h1,3-4,7-8,15-16,18,24H,2,5-6,9-14H2;1H. The molecule has 6 nitrogen and oxygen atoms in total. The highest BCUT2D eigenvalue weighted by Gasteiger charge is 2.28. The van der Waals surface area contributed by atoms with E-state index in [-0.39, 0.29) is 6.32 Å². The van der Waals surface area contributed by atoms with Gasteiger partial charge in [-0.1, -0.05) is 24.6 Å². The zero-order chi connectivity index (χ0) is 20.3. The van der Waals surface area contributed by atoms with Crippen LogP contribution in [0.1, 0.15) is 33.5 Å². The van der Waals surface area contributed by atoms with Crippen LogP contribution in [0.3, 0.4) is 0 Å². The number of nitrogens with zero attached hydrogens (tertiary/aromatic N) is 3. The van der Waals surface area contributed by atoms with Crippen molar-refractivity contribution in [1.29, 1.82) is 0 Å². The van der Waals surface area contributed by atoms with E-state index in [1.807, 2.05) is 0 Å². The first-order valence-electron chi connectivity index (χ1n) is 10.3. The molecule has 0 unspecified atom stereocenters. The highest BCUT2D eigenvalue weighted by molar-refractivity contribution is 9.10. The van der Waals surface area contributed by atoms with Crippen LogP contribution < -0.4 is 9.62 Å². The van der Waals surface area contributed by atoms with E-state index in [4.69, 9.17) is 0 Å². The molecule has 1 aromatic heterocycles. The monoisotopic (exact) mass is 480 g/mol. The molecule has 2 fully saturated rings. The van der Waals surface area contributed by atoms with Gasteiger partial charge in [0.05, 0.1) is 10.6 Å². The Morgan fingerprint density at radius 1 is 1.03 bits per heavy atom. The smallest absolute Gasteiger partial charge is 0.262 e. The van der Waals surface area contributed by atoms with E-state index in [1.54, 1.807) is 42.6 Å². The van der Waals surface area contributed by atoms with Crippen molar-refractivity contribution in [2.45, 2.75) is 43.0 Å².